The van der Waals surface area contributed by atoms with Crippen molar-refractivity contribution in [2.45, 2.75) is 25.7 Å². The van der Waals surface area contributed by atoms with Gasteiger partial charge in [0.05, 0.1) is 12.3 Å². The fourth-order valence-corrected chi connectivity index (χ4v) is 3.34. The number of carbonyl (C=O) groups is 1. The van der Waals surface area contributed by atoms with Crippen molar-refractivity contribution in [1.29, 1.82) is 0 Å². The molecule has 0 aromatic heterocycles. The van der Waals surface area contributed by atoms with E-state index in [-0.39, 0.29) is 24.1 Å². The minimum Gasteiger partial charge on any atom is -0.395 e. The van der Waals surface area contributed by atoms with Crippen LogP contribution in [0.25, 0.3) is 0 Å². The third-order valence-corrected chi connectivity index (χ3v) is 4.41. The molecule has 0 spiro atoms. The zero-order chi connectivity index (χ0) is 14.8. The van der Waals surface area contributed by atoms with Gasteiger partial charge in [0, 0.05) is 17.9 Å². The average Bonchev–Trinajstić information content (AvgIpc) is 2.95. The summed E-state index contributed by atoms with van der Waals surface area (Å²) < 4.78 is 14.0. The lowest BCUT2D eigenvalue weighted by Crippen LogP contribution is -2.17. The second kappa shape index (κ2) is 5.87. The Hall–Kier alpha value is -1.86. The highest BCUT2D eigenvalue weighted by atomic mass is 19.1. The average molecular weight is 287 g/mol. The van der Waals surface area contributed by atoms with Gasteiger partial charge in [-0.05, 0) is 42.9 Å². The molecular formula is C17H18FNO2. The van der Waals surface area contributed by atoms with Crippen LogP contribution in [0.3, 0.4) is 0 Å². The summed E-state index contributed by atoms with van der Waals surface area (Å²) in [6.45, 7) is -0.00660. The lowest BCUT2D eigenvalue weighted by molar-refractivity contribution is -0.118. The maximum absolute atomic E-state index is 14.0. The van der Waals surface area contributed by atoms with Gasteiger partial charge in [-0.25, -0.2) is 4.39 Å². The second-order valence-electron chi connectivity index (χ2n) is 5.74. The van der Waals surface area contributed by atoms with Gasteiger partial charge in [0.25, 0.3) is 0 Å². The van der Waals surface area contributed by atoms with Gasteiger partial charge in [-0.3, -0.25) is 4.79 Å². The minimum atomic E-state index is -0.468. The number of benzene rings is 1. The van der Waals surface area contributed by atoms with Crippen LogP contribution in [0.5, 0.6) is 0 Å². The molecule has 2 N–H and O–H groups in total. The number of aliphatic hydroxyl groups is 1. The van der Waals surface area contributed by atoms with Gasteiger partial charge in [0.1, 0.15) is 5.82 Å². The third kappa shape index (κ3) is 2.93. The van der Waals surface area contributed by atoms with Gasteiger partial charge < -0.3 is 10.4 Å². The monoisotopic (exact) mass is 287 g/mol. The number of amides is 1. The Kier molecular flexibility index (Phi) is 3.94. The first kappa shape index (κ1) is 14.1. The van der Waals surface area contributed by atoms with Gasteiger partial charge in [0.2, 0.25) is 5.91 Å². The van der Waals surface area contributed by atoms with E-state index in [1.807, 2.05) is 0 Å². The maximum atomic E-state index is 14.0. The van der Waals surface area contributed by atoms with Crippen LogP contribution in [0.4, 0.5) is 10.1 Å². The Morgan fingerprint density at radius 2 is 2.14 bits per heavy atom. The van der Waals surface area contributed by atoms with Gasteiger partial charge in [-0.1, -0.05) is 18.3 Å². The Labute approximate surface area is 123 Å². The molecule has 0 saturated heterocycles. The summed E-state index contributed by atoms with van der Waals surface area (Å²) in [5.74, 6) is 6.13. The molecule has 4 heteroatoms. The summed E-state index contributed by atoms with van der Waals surface area (Å²) in [5, 5.41) is 11.3. The lowest BCUT2D eigenvalue weighted by atomic mass is 10.1. The molecule has 0 bridgehead atoms. The molecule has 2 aliphatic rings. The second-order valence-corrected chi connectivity index (χ2v) is 5.74. The molecule has 1 amide bonds. The van der Waals surface area contributed by atoms with E-state index in [0.29, 0.717) is 23.8 Å². The van der Waals surface area contributed by atoms with Crippen molar-refractivity contribution in [1.82, 2.24) is 0 Å². The molecule has 2 aliphatic carbocycles. The summed E-state index contributed by atoms with van der Waals surface area (Å²) >= 11 is 0. The third-order valence-electron chi connectivity index (χ3n) is 4.41. The fourth-order valence-electron chi connectivity index (χ4n) is 3.34. The van der Waals surface area contributed by atoms with Gasteiger partial charge in [0.15, 0.2) is 0 Å². The first-order chi connectivity index (χ1) is 10.2. The van der Waals surface area contributed by atoms with Crippen LogP contribution in [0.1, 0.15) is 31.2 Å². The first-order valence-corrected chi connectivity index (χ1v) is 7.41. The Bertz CT molecular complexity index is 607. The van der Waals surface area contributed by atoms with Crippen molar-refractivity contribution >= 4 is 11.6 Å². The molecule has 110 valence electrons. The van der Waals surface area contributed by atoms with E-state index in [2.05, 4.69) is 17.2 Å². The Morgan fingerprint density at radius 1 is 1.38 bits per heavy atom. The smallest absolute Gasteiger partial charge is 0.228 e. The van der Waals surface area contributed by atoms with Crippen LogP contribution in [0, 0.1) is 35.4 Å². The number of halogens is 1. The van der Waals surface area contributed by atoms with Crippen LogP contribution in [-0.2, 0) is 4.79 Å². The predicted molar refractivity (Wildman–Crippen MR) is 77.9 cm³/mol. The van der Waals surface area contributed by atoms with Crippen LogP contribution in [0.15, 0.2) is 18.2 Å². The molecule has 2 unspecified atom stereocenters. The number of carbonyl (C=O) groups excluding carboxylic acids is 1. The summed E-state index contributed by atoms with van der Waals surface area (Å²) in [7, 11) is 0. The number of anilines is 1. The zero-order valence-corrected chi connectivity index (χ0v) is 11.7. The highest BCUT2D eigenvalue weighted by Gasteiger charge is 2.56. The van der Waals surface area contributed by atoms with Crippen LogP contribution in [0.2, 0.25) is 0 Å². The van der Waals surface area contributed by atoms with Crippen molar-refractivity contribution in [3.05, 3.63) is 29.6 Å². The number of aliphatic hydroxyl groups excluding tert-OH is 1. The molecule has 0 radical (unpaired) electrons. The number of rotatable bonds is 3. The minimum absolute atomic E-state index is 0.00660. The standard InChI is InChI=1S/C17H18FNO2/c18-14-10-11(4-1-2-9-20)7-8-15(14)19-17(21)16-12-5-3-6-13(12)16/h7-8,10,12-13,16,20H,2-3,5-6,9H2,(H,19,21). The van der Waals surface area contributed by atoms with Crippen molar-refractivity contribution in [2.75, 3.05) is 11.9 Å². The Morgan fingerprint density at radius 3 is 2.81 bits per heavy atom. The normalized spacial score (nSPS) is 25.7. The van der Waals surface area contributed by atoms with E-state index < -0.39 is 5.82 Å². The molecule has 3 nitrogen and oxygen atoms in total. The molecule has 21 heavy (non-hydrogen) atoms. The molecular weight excluding hydrogens is 269 g/mol. The van der Waals surface area contributed by atoms with Crippen molar-refractivity contribution in [3.8, 4) is 11.8 Å². The number of hydrogen-bond donors (Lipinski definition) is 2. The number of hydrogen-bond acceptors (Lipinski definition) is 2. The number of fused-ring (bicyclic) bond motifs is 1. The molecule has 1 aromatic rings. The molecule has 0 aliphatic heterocycles. The summed E-state index contributed by atoms with van der Waals surface area (Å²) in [6, 6.07) is 4.54. The van der Waals surface area contributed by atoms with E-state index in [1.54, 1.807) is 12.1 Å². The SMILES string of the molecule is O=C(Nc1ccc(C#CCCO)cc1F)C1C2CCCC21. The largest absolute Gasteiger partial charge is 0.395 e. The fraction of sp³-hybridized carbons (Fsp3) is 0.471. The molecule has 2 atom stereocenters. The van der Waals surface area contributed by atoms with Gasteiger partial charge >= 0.3 is 0 Å². The maximum Gasteiger partial charge on any atom is 0.228 e. The summed E-state index contributed by atoms with van der Waals surface area (Å²) in [5.41, 5.74) is 0.764. The summed E-state index contributed by atoms with van der Waals surface area (Å²) in [4.78, 5) is 12.1. The quantitative estimate of drug-likeness (QED) is 0.839. The highest BCUT2D eigenvalue weighted by molar-refractivity contribution is 5.95. The zero-order valence-electron chi connectivity index (χ0n) is 11.7. The molecule has 2 fully saturated rings. The van der Waals surface area contributed by atoms with Crippen LogP contribution in [-0.4, -0.2) is 17.6 Å². The Balaban J connectivity index is 1.64. The van der Waals surface area contributed by atoms with E-state index in [1.165, 1.54) is 12.5 Å². The predicted octanol–water partition coefficient (Wildman–Crippen LogP) is 2.54. The number of nitrogens with one attached hydrogen (secondary N) is 1. The lowest BCUT2D eigenvalue weighted by Gasteiger charge is -2.08. The van der Waals surface area contributed by atoms with Gasteiger partial charge in [-0.2, -0.15) is 0 Å². The molecule has 0 heterocycles. The molecule has 3 rings (SSSR count). The first-order valence-electron chi connectivity index (χ1n) is 7.41. The molecule has 2 saturated carbocycles. The van der Waals surface area contributed by atoms with Crippen LogP contribution < -0.4 is 5.32 Å². The van der Waals surface area contributed by atoms with E-state index in [9.17, 15) is 9.18 Å². The van der Waals surface area contributed by atoms with Gasteiger partial charge in [-0.15, -0.1) is 0 Å². The van der Waals surface area contributed by atoms with Crippen molar-refractivity contribution in [3.63, 3.8) is 0 Å². The van der Waals surface area contributed by atoms with E-state index in [4.69, 9.17) is 5.11 Å². The van der Waals surface area contributed by atoms with E-state index in [0.717, 1.165) is 12.8 Å². The highest BCUT2D eigenvalue weighted by Crippen LogP contribution is 2.57. The van der Waals surface area contributed by atoms with E-state index >= 15 is 0 Å². The molecule has 1 aromatic carbocycles. The topological polar surface area (TPSA) is 49.3 Å². The van der Waals surface area contributed by atoms with Crippen LogP contribution >= 0.6 is 0 Å². The van der Waals surface area contributed by atoms with Crippen molar-refractivity contribution < 1.29 is 14.3 Å². The summed E-state index contributed by atoms with van der Waals surface area (Å²) in [6.07, 6.45) is 3.84. The van der Waals surface area contributed by atoms with Crippen molar-refractivity contribution in [2.24, 2.45) is 17.8 Å².